The van der Waals surface area contributed by atoms with Gasteiger partial charge in [0.1, 0.15) is 0 Å². The van der Waals surface area contributed by atoms with E-state index in [0.717, 1.165) is 45.1 Å². The molecule has 126 valence electrons. The van der Waals surface area contributed by atoms with Crippen LogP contribution in [0.3, 0.4) is 0 Å². The van der Waals surface area contributed by atoms with E-state index >= 15 is 0 Å². The highest BCUT2D eigenvalue weighted by Gasteiger charge is 2.35. The van der Waals surface area contributed by atoms with Gasteiger partial charge in [-0.25, -0.2) is 0 Å². The number of nitrogens with one attached hydrogen (secondary N) is 1. The Kier molecular flexibility index (Phi) is 7.46. The summed E-state index contributed by atoms with van der Waals surface area (Å²) in [5.74, 6) is 0. The van der Waals surface area contributed by atoms with Gasteiger partial charge in [-0.2, -0.15) is 13.2 Å². The first-order valence-corrected chi connectivity index (χ1v) is 7.63. The molecule has 0 aliphatic carbocycles. The molecule has 1 aliphatic rings. The first kappa shape index (κ1) is 19.6. The van der Waals surface area contributed by atoms with Crippen LogP contribution >= 0.6 is 24.0 Å². The Morgan fingerprint density at radius 2 is 1.91 bits per heavy atom. The summed E-state index contributed by atoms with van der Waals surface area (Å²) < 4.78 is 39.0. The SMILES string of the molecule is CCC[C@@H](c1cccc(C(F)(F)F)c1Cl)N1CCNCC1.Cl. The Morgan fingerprint density at radius 3 is 2.45 bits per heavy atom. The summed E-state index contributed by atoms with van der Waals surface area (Å²) in [6, 6.07) is 4.17. The van der Waals surface area contributed by atoms with Crippen molar-refractivity contribution in [3.05, 3.63) is 34.3 Å². The van der Waals surface area contributed by atoms with Crippen molar-refractivity contribution >= 4 is 24.0 Å². The molecular formula is C15H21Cl2F3N2. The second kappa shape index (κ2) is 8.39. The molecule has 1 atom stereocenters. The Labute approximate surface area is 140 Å². The molecule has 2 rings (SSSR count). The minimum absolute atomic E-state index is 0. The van der Waals surface area contributed by atoms with Crippen molar-refractivity contribution < 1.29 is 13.2 Å². The van der Waals surface area contributed by atoms with Crippen LogP contribution in [-0.4, -0.2) is 31.1 Å². The molecule has 0 aromatic heterocycles. The second-order valence-electron chi connectivity index (χ2n) is 5.30. The van der Waals surface area contributed by atoms with Crippen molar-refractivity contribution in [2.75, 3.05) is 26.2 Å². The van der Waals surface area contributed by atoms with Crippen LogP contribution in [0.4, 0.5) is 13.2 Å². The van der Waals surface area contributed by atoms with Gasteiger partial charge in [-0.15, -0.1) is 12.4 Å². The van der Waals surface area contributed by atoms with Gasteiger partial charge in [-0.1, -0.05) is 37.1 Å². The van der Waals surface area contributed by atoms with E-state index < -0.39 is 11.7 Å². The van der Waals surface area contributed by atoms with Crippen LogP contribution in [0.25, 0.3) is 0 Å². The minimum Gasteiger partial charge on any atom is -0.314 e. The first-order chi connectivity index (χ1) is 9.95. The molecule has 22 heavy (non-hydrogen) atoms. The third kappa shape index (κ3) is 4.51. The second-order valence-corrected chi connectivity index (χ2v) is 5.67. The van der Waals surface area contributed by atoms with Gasteiger partial charge < -0.3 is 5.32 Å². The third-order valence-electron chi connectivity index (χ3n) is 3.85. The number of rotatable bonds is 4. The summed E-state index contributed by atoms with van der Waals surface area (Å²) in [5.41, 5.74) is -0.145. The molecule has 0 unspecified atom stereocenters. The highest BCUT2D eigenvalue weighted by atomic mass is 35.5. The highest BCUT2D eigenvalue weighted by Crippen LogP contribution is 2.40. The lowest BCUT2D eigenvalue weighted by atomic mass is 9.97. The number of hydrogen-bond acceptors (Lipinski definition) is 2. The molecule has 0 radical (unpaired) electrons. The van der Waals surface area contributed by atoms with Gasteiger partial charge >= 0.3 is 6.18 Å². The van der Waals surface area contributed by atoms with Crippen LogP contribution < -0.4 is 5.32 Å². The van der Waals surface area contributed by atoms with Crippen LogP contribution in [0.15, 0.2) is 18.2 Å². The number of halogens is 5. The molecule has 1 heterocycles. The topological polar surface area (TPSA) is 15.3 Å². The van der Waals surface area contributed by atoms with E-state index in [4.69, 9.17) is 11.6 Å². The smallest absolute Gasteiger partial charge is 0.314 e. The third-order valence-corrected chi connectivity index (χ3v) is 4.27. The van der Waals surface area contributed by atoms with Gasteiger partial charge in [0.05, 0.1) is 10.6 Å². The summed E-state index contributed by atoms with van der Waals surface area (Å²) in [4.78, 5) is 2.22. The van der Waals surface area contributed by atoms with E-state index in [1.54, 1.807) is 6.07 Å². The fraction of sp³-hybridized carbons (Fsp3) is 0.600. The van der Waals surface area contributed by atoms with E-state index in [9.17, 15) is 13.2 Å². The fourth-order valence-electron chi connectivity index (χ4n) is 2.83. The van der Waals surface area contributed by atoms with E-state index in [1.807, 2.05) is 6.92 Å². The van der Waals surface area contributed by atoms with Crippen molar-refractivity contribution in [3.8, 4) is 0 Å². The molecular weight excluding hydrogens is 336 g/mol. The summed E-state index contributed by atoms with van der Waals surface area (Å²) in [6.07, 6.45) is -2.70. The van der Waals surface area contributed by atoms with Gasteiger partial charge in [0.2, 0.25) is 0 Å². The molecule has 1 saturated heterocycles. The van der Waals surface area contributed by atoms with Crippen molar-refractivity contribution in [3.63, 3.8) is 0 Å². The molecule has 0 amide bonds. The van der Waals surface area contributed by atoms with Crippen molar-refractivity contribution in [1.29, 1.82) is 0 Å². The standard InChI is InChI=1S/C15H20ClF3N2.ClH/c1-2-4-13(21-9-7-20-8-10-21)11-5-3-6-12(14(11)16)15(17,18)19;/h3,5-6,13,20H,2,4,7-10H2,1H3;1H/t13-;/m0./s1. The molecule has 1 aliphatic heterocycles. The number of nitrogens with zero attached hydrogens (tertiary/aromatic N) is 1. The Bertz CT molecular complexity index is 474. The van der Waals surface area contributed by atoms with E-state index in [-0.39, 0.29) is 23.5 Å². The summed E-state index contributed by atoms with van der Waals surface area (Å²) >= 11 is 6.08. The number of alkyl halides is 3. The maximum atomic E-state index is 13.0. The van der Waals surface area contributed by atoms with Gasteiger partial charge in [0.25, 0.3) is 0 Å². The molecule has 2 nitrogen and oxygen atoms in total. The van der Waals surface area contributed by atoms with Crippen LogP contribution in [0.1, 0.15) is 36.9 Å². The summed E-state index contributed by atoms with van der Waals surface area (Å²) in [7, 11) is 0. The van der Waals surface area contributed by atoms with Crippen molar-refractivity contribution in [2.24, 2.45) is 0 Å². The Balaban J connectivity index is 0.00000242. The number of piperazine rings is 1. The zero-order valence-corrected chi connectivity index (χ0v) is 14.0. The van der Waals surface area contributed by atoms with E-state index in [1.165, 1.54) is 6.07 Å². The predicted molar refractivity (Wildman–Crippen MR) is 85.8 cm³/mol. The summed E-state index contributed by atoms with van der Waals surface area (Å²) in [6.45, 7) is 5.42. The molecule has 0 bridgehead atoms. The molecule has 1 N–H and O–H groups in total. The minimum atomic E-state index is -4.41. The van der Waals surface area contributed by atoms with E-state index in [2.05, 4.69) is 10.2 Å². The van der Waals surface area contributed by atoms with Crippen molar-refractivity contribution in [1.82, 2.24) is 10.2 Å². The average molecular weight is 357 g/mol. The van der Waals surface area contributed by atoms with Crippen LogP contribution in [0, 0.1) is 0 Å². The monoisotopic (exact) mass is 356 g/mol. The van der Waals surface area contributed by atoms with Crippen LogP contribution in [0.2, 0.25) is 5.02 Å². The van der Waals surface area contributed by atoms with Crippen molar-refractivity contribution in [2.45, 2.75) is 32.0 Å². The number of benzene rings is 1. The molecule has 1 fully saturated rings. The Morgan fingerprint density at radius 1 is 1.27 bits per heavy atom. The maximum Gasteiger partial charge on any atom is 0.417 e. The lowest BCUT2D eigenvalue weighted by Gasteiger charge is -2.36. The lowest BCUT2D eigenvalue weighted by molar-refractivity contribution is -0.137. The molecule has 1 aromatic carbocycles. The predicted octanol–water partition coefficient (Wildman–Crippen LogP) is 4.53. The fourth-order valence-corrected chi connectivity index (χ4v) is 3.19. The Hall–Kier alpha value is -0.490. The largest absolute Gasteiger partial charge is 0.417 e. The van der Waals surface area contributed by atoms with Gasteiger partial charge in [-0.3, -0.25) is 4.90 Å². The molecule has 1 aromatic rings. The van der Waals surface area contributed by atoms with Gasteiger partial charge in [0.15, 0.2) is 0 Å². The molecule has 7 heteroatoms. The maximum absolute atomic E-state index is 13.0. The zero-order chi connectivity index (χ0) is 15.5. The van der Waals surface area contributed by atoms with Gasteiger partial charge in [0, 0.05) is 32.2 Å². The lowest BCUT2D eigenvalue weighted by Crippen LogP contribution is -2.45. The van der Waals surface area contributed by atoms with Crippen LogP contribution in [-0.2, 0) is 6.18 Å². The summed E-state index contributed by atoms with van der Waals surface area (Å²) in [5, 5.41) is 3.11. The van der Waals surface area contributed by atoms with Gasteiger partial charge in [-0.05, 0) is 18.1 Å². The normalized spacial score (nSPS) is 17.9. The zero-order valence-electron chi connectivity index (χ0n) is 12.4. The highest BCUT2D eigenvalue weighted by molar-refractivity contribution is 6.32. The van der Waals surface area contributed by atoms with Crippen LogP contribution in [0.5, 0.6) is 0 Å². The first-order valence-electron chi connectivity index (χ1n) is 7.25. The number of hydrogen-bond donors (Lipinski definition) is 1. The average Bonchev–Trinajstić information content (AvgIpc) is 2.45. The quantitative estimate of drug-likeness (QED) is 0.852. The molecule has 0 saturated carbocycles. The van der Waals surface area contributed by atoms with E-state index in [0.29, 0.717) is 5.56 Å². The molecule has 0 spiro atoms.